The number of aromatic nitrogens is 1. The van der Waals surface area contributed by atoms with E-state index in [1.54, 1.807) is 29.6 Å². The minimum Gasteiger partial charge on any atom is -0.300 e. The van der Waals surface area contributed by atoms with Crippen molar-refractivity contribution >= 4 is 48.7 Å². The summed E-state index contributed by atoms with van der Waals surface area (Å²) >= 11 is 3.22. The minimum absolute atomic E-state index is 0.174. The average Bonchev–Trinajstić information content (AvgIpc) is 3.40. The number of hydrogen-bond donors (Lipinski definition) is 0. The first-order valence-corrected chi connectivity index (χ1v) is 13.7. The van der Waals surface area contributed by atoms with Crippen molar-refractivity contribution in [2.24, 2.45) is 10.2 Å². The zero-order valence-electron chi connectivity index (χ0n) is 20.1. The first-order chi connectivity index (χ1) is 16.5. The molecule has 1 atom stereocenters. The molecule has 34 heavy (non-hydrogen) atoms. The second-order valence-electron chi connectivity index (χ2n) is 8.89. The number of hydrogen-bond acceptors (Lipinski definition) is 6. The van der Waals surface area contributed by atoms with Crippen molar-refractivity contribution in [1.82, 2.24) is 4.98 Å². The van der Waals surface area contributed by atoms with Crippen LogP contribution in [0.1, 0.15) is 69.9 Å². The van der Waals surface area contributed by atoms with Crippen LogP contribution >= 0.6 is 22.7 Å². The van der Waals surface area contributed by atoms with Crippen molar-refractivity contribution < 1.29 is 4.79 Å². The molecule has 0 fully saturated rings. The molecule has 2 aromatic carbocycles. The molecule has 6 heteroatoms. The Bertz CT molecular complexity index is 1220. The fourth-order valence-corrected chi connectivity index (χ4v) is 6.01. The number of rotatable bonds is 11. The van der Waals surface area contributed by atoms with Crippen LogP contribution in [0.5, 0.6) is 0 Å². The molecule has 4 aromatic rings. The molecule has 2 heterocycles. The van der Waals surface area contributed by atoms with Crippen LogP contribution < -0.4 is 0 Å². The molecule has 0 aliphatic heterocycles. The summed E-state index contributed by atoms with van der Waals surface area (Å²) in [6.07, 6.45) is 6.96. The first kappa shape index (κ1) is 24.4. The predicted molar refractivity (Wildman–Crippen MR) is 145 cm³/mol. The van der Waals surface area contributed by atoms with Gasteiger partial charge in [0.25, 0.3) is 0 Å². The molecule has 0 aliphatic carbocycles. The van der Waals surface area contributed by atoms with Crippen LogP contribution in [-0.2, 0) is 11.2 Å². The predicted octanol–water partition coefficient (Wildman–Crippen LogP) is 9.65. The van der Waals surface area contributed by atoms with Gasteiger partial charge in [-0.1, -0.05) is 87.3 Å². The van der Waals surface area contributed by atoms with Crippen molar-refractivity contribution in [3.05, 3.63) is 65.7 Å². The number of fused-ring (bicyclic) bond motifs is 1. The van der Waals surface area contributed by atoms with Gasteiger partial charge in [0, 0.05) is 12.0 Å². The second kappa shape index (κ2) is 11.6. The van der Waals surface area contributed by atoms with Gasteiger partial charge in [-0.05, 0) is 48.6 Å². The number of benzene rings is 2. The molecule has 2 aromatic heterocycles. The van der Waals surface area contributed by atoms with Crippen molar-refractivity contribution in [3.63, 3.8) is 0 Å². The normalized spacial score (nSPS) is 12.6. The van der Waals surface area contributed by atoms with E-state index in [1.807, 2.05) is 24.3 Å². The number of Topliss-reactive ketones (excluding diaryl/α,β-unsaturated/α-hetero) is 1. The molecule has 0 radical (unpaired) electrons. The fraction of sp³-hybridized carbons (Fsp3) is 0.357. The molecule has 0 bridgehead atoms. The number of unbranched alkanes of at least 4 members (excludes halogenated alkanes) is 3. The highest BCUT2D eigenvalue weighted by Crippen LogP contribution is 2.39. The number of ketones is 1. The van der Waals surface area contributed by atoms with E-state index in [0.717, 1.165) is 36.4 Å². The highest BCUT2D eigenvalue weighted by Gasteiger charge is 2.11. The summed E-state index contributed by atoms with van der Waals surface area (Å²) in [7, 11) is 0. The number of azo groups is 1. The van der Waals surface area contributed by atoms with E-state index >= 15 is 0 Å². The van der Waals surface area contributed by atoms with Gasteiger partial charge in [-0.15, -0.1) is 21.6 Å². The molecule has 4 nitrogen and oxygen atoms in total. The van der Waals surface area contributed by atoms with Crippen LogP contribution in [0.2, 0.25) is 0 Å². The number of nitrogens with zero attached hydrogens (tertiary/aromatic N) is 3. The SMILES string of the molecule is CCCCCCC(C)c1ccc(N=Nc2cc3sc(-c4ccc(CC(C)=O)cc4)nc3s2)cc1. The molecule has 176 valence electrons. The highest BCUT2D eigenvalue weighted by atomic mass is 32.1. The lowest BCUT2D eigenvalue weighted by Gasteiger charge is -2.11. The summed E-state index contributed by atoms with van der Waals surface area (Å²) < 4.78 is 1.12. The number of carbonyl (C=O) groups excluding carboxylic acids is 1. The van der Waals surface area contributed by atoms with Gasteiger partial charge < -0.3 is 0 Å². The topological polar surface area (TPSA) is 54.7 Å². The van der Waals surface area contributed by atoms with Crippen LogP contribution in [0.4, 0.5) is 10.7 Å². The zero-order valence-corrected chi connectivity index (χ0v) is 21.7. The van der Waals surface area contributed by atoms with Gasteiger partial charge in [0.05, 0.1) is 10.4 Å². The molecule has 0 spiro atoms. The maximum absolute atomic E-state index is 11.3. The molecule has 0 amide bonds. The first-order valence-electron chi connectivity index (χ1n) is 12.0. The Hall–Kier alpha value is -2.70. The zero-order chi connectivity index (χ0) is 23.9. The molecule has 0 aliphatic rings. The Morgan fingerprint density at radius 2 is 1.74 bits per heavy atom. The van der Waals surface area contributed by atoms with Crippen LogP contribution in [-0.4, -0.2) is 10.8 Å². The fourth-order valence-electron chi connectivity index (χ4n) is 3.97. The smallest absolute Gasteiger partial charge is 0.142 e. The quantitative estimate of drug-likeness (QED) is 0.155. The Morgan fingerprint density at radius 3 is 2.41 bits per heavy atom. The van der Waals surface area contributed by atoms with Gasteiger partial charge in [-0.3, -0.25) is 4.79 Å². The lowest BCUT2D eigenvalue weighted by Crippen LogP contribution is -1.95. The van der Waals surface area contributed by atoms with E-state index in [4.69, 9.17) is 4.98 Å². The summed E-state index contributed by atoms with van der Waals surface area (Å²) in [6, 6.07) is 18.6. The number of thiazole rings is 1. The molecule has 0 saturated heterocycles. The Balaban J connectivity index is 1.37. The van der Waals surface area contributed by atoms with E-state index in [0.29, 0.717) is 12.3 Å². The van der Waals surface area contributed by atoms with Crippen LogP contribution in [0.15, 0.2) is 64.8 Å². The summed E-state index contributed by atoms with van der Waals surface area (Å²) in [6.45, 7) is 6.18. The summed E-state index contributed by atoms with van der Waals surface area (Å²) in [5.41, 5.74) is 4.35. The summed E-state index contributed by atoms with van der Waals surface area (Å²) in [4.78, 5) is 17.1. The second-order valence-corrected chi connectivity index (χ2v) is 10.9. The Labute approximate surface area is 209 Å². The average molecular weight is 490 g/mol. The van der Waals surface area contributed by atoms with E-state index in [-0.39, 0.29) is 5.78 Å². The van der Waals surface area contributed by atoms with Crippen molar-refractivity contribution in [2.75, 3.05) is 0 Å². The maximum Gasteiger partial charge on any atom is 0.142 e. The minimum atomic E-state index is 0.174. The van der Waals surface area contributed by atoms with Crippen LogP contribution in [0.3, 0.4) is 0 Å². The van der Waals surface area contributed by atoms with E-state index in [1.165, 1.54) is 37.7 Å². The van der Waals surface area contributed by atoms with Gasteiger partial charge in [0.1, 0.15) is 20.6 Å². The molecular formula is C28H31N3OS2. The van der Waals surface area contributed by atoms with Gasteiger partial charge in [-0.2, -0.15) is 0 Å². The Kier molecular flexibility index (Phi) is 8.35. The number of thiophene rings is 1. The lowest BCUT2D eigenvalue weighted by atomic mass is 9.95. The third-order valence-corrected chi connectivity index (χ3v) is 8.04. The van der Waals surface area contributed by atoms with Gasteiger partial charge in [0.2, 0.25) is 0 Å². The van der Waals surface area contributed by atoms with Crippen molar-refractivity contribution in [2.45, 2.75) is 65.2 Å². The lowest BCUT2D eigenvalue weighted by molar-refractivity contribution is -0.116. The molecule has 0 saturated carbocycles. The van der Waals surface area contributed by atoms with Crippen LogP contribution in [0, 0.1) is 0 Å². The maximum atomic E-state index is 11.3. The molecule has 0 N–H and O–H groups in total. The van der Waals surface area contributed by atoms with Gasteiger partial charge >= 0.3 is 0 Å². The third-order valence-electron chi connectivity index (χ3n) is 5.95. The Morgan fingerprint density at radius 1 is 0.971 bits per heavy atom. The molecule has 1 unspecified atom stereocenters. The summed E-state index contributed by atoms with van der Waals surface area (Å²) in [5, 5.41) is 10.7. The van der Waals surface area contributed by atoms with E-state index < -0.39 is 0 Å². The van der Waals surface area contributed by atoms with Gasteiger partial charge in [-0.25, -0.2) is 4.98 Å². The van der Waals surface area contributed by atoms with Crippen molar-refractivity contribution in [1.29, 1.82) is 0 Å². The van der Waals surface area contributed by atoms with E-state index in [9.17, 15) is 4.79 Å². The highest BCUT2D eigenvalue weighted by molar-refractivity contribution is 7.30. The summed E-state index contributed by atoms with van der Waals surface area (Å²) in [5.74, 6) is 0.755. The van der Waals surface area contributed by atoms with Crippen LogP contribution in [0.25, 0.3) is 20.1 Å². The largest absolute Gasteiger partial charge is 0.300 e. The standard InChI is InChI=1S/C28H31N3OS2/c1-4-5-6-7-8-19(2)22-13-15-24(16-14-22)30-31-26-18-25-28(34-26)29-27(33-25)23-11-9-21(10-12-23)17-20(3)32/h9-16,18-19H,4-8,17H2,1-3H3. The molecule has 4 rings (SSSR count). The van der Waals surface area contributed by atoms with Crippen molar-refractivity contribution in [3.8, 4) is 10.6 Å². The van der Waals surface area contributed by atoms with Gasteiger partial charge in [0.15, 0.2) is 0 Å². The molecular weight excluding hydrogens is 458 g/mol. The third kappa shape index (κ3) is 6.45. The number of carbonyl (C=O) groups is 1. The van der Waals surface area contributed by atoms with E-state index in [2.05, 4.69) is 54.4 Å². The monoisotopic (exact) mass is 489 g/mol.